The molecule has 1 aromatic carbocycles. The molecule has 0 aliphatic carbocycles. The van der Waals surface area contributed by atoms with Crippen molar-refractivity contribution in [1.29, 1.82) is 0 Å². The van der Waals surface area contributed by atoms with E-state index in [1.165, 1.54) is 0 Å². The summed E-state index contributed by atoms with van der Waals surface area (Å²) in [6.45, 7) is 5.59. The van der Waals surface area contributed by atoms with Crippen molar-refractivity contribution in [2.24, 2.45) is 0 Å². The van der Waals surface area contributed by atoms with Crippen LogP contribution in [0.1, 0.15) is 18.9 Å². The maximum Gasteiger partial charge on any atom is 0.167 e. The molecule has 18 heavy (non-hydrogen) atoms. The van der Waals surface area contributed by atoms with Gasteiger partial charge in [-0.05, 0) is 18.5 Å². The first-order chi connectivity index (χ1) is 8.79. The third-order valence-electron chi connectivity index (χ3n) is 3.27. The first-order valence-electron chi connectivity index (χ1n) is 6.70. The van der Waals surface area contributed by atoms with Gasteiger partial charge in [-0.2, -0.15) is 0 Å². The van der Waals surface area contributed by atoms with Crippen LogP contribution < -0.4 is 0 Å². The number of carbonyl (C=O) groups is 1. The summed E-state index contributed by atoms with van der Waals surface area (Å²) in [6, 6.07) is 9.88. The Balaban J connectivity index is 1.88. The van der Waals surface area contributed by atoms with E-state index in [1.807, 2.05) is 30.3 Å². The molecule has 1 unspecified atom stereocenters. The minimum atomic E-state index is -0.245. The molecule has 0 radical (unpaired) electrons. The smallest absolute Gasteiger partial charge is 0.167 e. The maximum absolute atomic E-state index is 12.2. The van der Waals surface area contributed by atoms with E-state index in [0.29, 0.717) is 13.0 Å². The zero-order valence-corrected chi connectivity index (χ0v) is 11.0. The van der Waals surface area contributed by atoms with Gasteiger partial charge in [0.05, 0.1) is 6.61 Å². The third kappa shape index (κ3) is 3.65. The van der Waals surface area contributed by atoms with Crippen molar-refractivity contribution < 1.29 is 9.53 Å². The van der Waals surface area contributed by atoms with E-state index in [1.54, 1.807) is 0 Å². The predicted octanol–water partition coefficient (Wildman–Crippen LogP) is 1.91. The average Bonchev–Trinajstić information content (AvgIpc) is 2.40. The molecule has 0 aromatic heterocycles. The zero-order chi connectivity index (χ0) is 12.8. The summed E-state index contributed by atoms with van der Waals surface area (Å²) in [5, 5.41) is 0. The predicted molar refractivity (Wildman–Crippen MR) is 71.6 cm³/mol. The highest BCUT2D eigenvalue weighted by Crippen LogP contribution is 2.10. The minimum absolute atomic E-state index is 0.196. The van der Waals surface area contributed by atoms with E-state index >= 15 is 0 Å². The van der Waals surface area contributed by atoms with Gasteiger partial charge in [0.1, 0.15) is 6.10 Å². The Morgan fingerprint density at radius 2 is 2.17 bits per heavy atom. The van der Waals surface area contributed by atoms with Crippen LogP contribution in [-0.4, -0.2) is 43.0 Å². The van der Waals surface area contributed by atoms with Crippen molar-refractivity contribution >= 4 is 5.78 Å². The molecular weight excluding hydrogens is 226 g/mol. The van der Waals surface area contributed by atoms with Gasteiger partial charge in [0.15, 0.2) is 5.78 Å². The fourth-order valence-corrected chi connectivity index (χ4v) is 2.33. The van der Waals surface area contributed by atoms with Crippen LogP contribution in [0.25, 0.3) is 0 Å². The third-order valence-corrected chi connectivity index (χ3v) is 3.27. The largest absolute Gasteiger partial charge is 0.368 e. The zero-order valence-electron chi connectivity index (χ0n) is 11.0. The number of rotatable bonds is 5. The van der Waals surface area contributed by atoms with Gasteiger partial charge in [0, 0.05) is 19.5 Å². The molecule has 0 N–H and O–H groups in total. The first-order valence-corrected chi connectivity index (χ1v) is 6.70. The normalized spacial score (nSPS) is 20.8. The van der Waals surface area contributed by atoms with E-state index in [2.05, 4.69) is 11.8 Å². The number of hydrogen-bond acceptors (Lipinski definition) is 3. The summed E-state index contributed by atoms with van der Waals surface area (Å²) < 4.78 is 5.60. The fourth-order valence-electron chi connectivity index (χ4n) is 2.33. The van der Waals surface area contributed by atoms with E-state index in [4.69, 9.17) is 4.74 Å². The molecule has 2 rings (SSSR count). The minimum Gasteiger partial charge on any atom is -0.368 e. The summed E-state index contributed by atoms with van der Waals surface area (Å²) in [5.41, 5.74) is 1.07. The fraction of sp³-hybridized carbons (Fsp3) is 0.533. The summed E-state index contributed by atoms with van der Waals surface area (Å²) in [7, 11) is 0. The molecular formula is C15H21NO2. The second kappa shape index (κ2) is 6.66. The Bertz CT molecular complexity index is 375. The summed E-state index contributed by atoms with van der Waals surface area (Å²) in [4.78, 5) is 14.5. The van der Waals surface area contributed by atoms with Crippen LogP contribution in [-0.2, 0) is 16.0 Å². The SMILES string of the molecule is CCCN1CCOC(C(=O)Cc2ccccc2)C1. The lowest BCUT2D eigenvalue weighted by molar-refractivity contribution is -0.135. The van der Waals surface area contributed by atoms with Gasteiger partial charge >= 0.3 is 0 Å². The van der Waals surface area contributed by atoms with Gasteiger partial charge in [-0.3, -0.25) is 9.69 Å². The molecule has 1 heterocycles. The number of benzene rings is 1. The van der Waals surface area contributed by atoms with Gasteiger partial charge in [-0.25, -0.2) is 0 Å². The van der Waals surface area contributed by atoms with Crippen LogP contribution >= 0.6 is 0 Å². The highest BCUT2D eigenvalue weighted by Gasteiger charge is 2.25. The number of Topliss-reactive ketones (excluding diaryl/α,β-unsaturated/α-hetero) is 1. The Labute approximate surface area is 109 Å². The molecule has 1 aliphatic rings. The van der Waals surface area contributed by atoms with Crippen molar-refractivity contribution in [3.05, 3.63) is 35.9 Å². The molecule has 3 heteroatoms. The van der Waals surface area contributed by atoms with Crippen LogP contribution in [0.15, 0.2) is 30.3 Å². The Morgan fingerprint density at radius 3 is 2.89 bits per heavy atom. The monoisotopic (exact) mass is 247 g/mol. The molecule has 1 fully saturated rings. The summed E-state index contributed by atoms with van der Waals surface area (Å²) in [5.74, 6) is 0.196. The number of ketones is 1. The van der Waals surface area contributed by atoms with Crippen molar-refractivity contribution in [1.82, 2.24) is 4.90 Å². The first kappa shape index (κ1) is 13.2. The van der Waals surface area contributed by atoms with Crippen molar-refractivity contribution in [2.45, 2.75) is 25.9 Å². The molecule has 1 atom stereocenters. The molecule has 0 saturated carbocycles. The van der Waals surface area contributed by atoms with Gasteiger partial charge < -0.3 is 4.74 Å². The van der Waals surface area contributed by atoms with E-state index in [-0.39, 0.29) is 11.9 Å². The molecule has 1 aromatic rings. The lowest BCUT2D eigenvalue weighted by Gasteiger charge is -2.31. The highest BCUT2D eigenvalue weighted by atomic mass is 16.5. The van der Waals surface area contributed by atoms with E-state index in [9.17, 15) is 4.79 Å². The van der Waals surface area contributed by atoms with Crippen LogP contribution in [0, 0.1) is 0 Å². The Hall–Kier alpha value is -1.19. The van der Waals surface area contributed by atoms with E-state index < -0.39 is 0 Å². The van der Waals surface area contributed by atoms with Crippen LogP contribution in [0.4, 0.5) is 0 Å². The van der Waals surface area contributed by atoms with Crippen molar-refractivity contribution in [3.63, 3.8) is 0 Å². The molecule has 3 nitrogen and oxygen atoms in total. The lowest BCUT2D eigenvalue weighted by atomic mass is 10.0. The number of morpholine rings is 1. The molecule has 0 spiro atoms. The van der Waals surface area contributed by atoms with Gasteiger partial charge in [-0.15, -0.1) is 0 Å². The van der Waals surface area contributed by atoms with Crippen molar-refractivity contribution in [3.8, 4) is 0 Å². The van der Waals surface area contributed by atoms with Gasteiger partial charge in [0.2, 0.25) is 0 Å². The molecule has 0 bridgehead atoms. The molecule has 98 valence electrons. The average molecular weight is 247 g/mol. The summed E-state index contributed by atoms with van der Waals surface area (Å²) in [6.07, 6.45) is 1.36. The molecule has 1 aliphatic heterocycles. The topological polar surface area (TPSA) is 29.5 Å². The van der Waals surface area contributed by atoms with E-state index in [0.717, 1.165) is 31.6 Å². The standard InChI is InChI=1S/C15H21NO2/c1-2-8-16-9-10-18-15(12-16)14(17)11-13-6-4-3-5-7-13/h3-7,15H,2,8-12H2,1H3. The molecule has 1 saturated heterocycles. The van der Waals surface area contributed by atoms with Crippen LogP contribution in [0.2, 0.25) is 0 Å². The maximum atomic E-state index is 12.2. The Kier molecular flexibility index (Phi) is 4.90. The quantitative estimate of drug-likeness (QED) is 0.796. The highest BCUT2D eigenvalue weighted by molar-refractivity contribution is 5.85. The second-order valence-corrected chi connectivity index (χ2v) is 4.79. The molecule has 0 amide bonds. The number of nitrogens with zero attached hydrogens (tertiary/aromatic N) is 1. The van der Waals surface area contributed by atoms with Crippen LogP contribution in [0.3, 0.4) is 0 Å². The lowest BCUT2D eigenvalue weighted by Crippen LogP contribution is -2.46. The number of hydrogen-bond donors (Lipinski definition) is 0. The second-order valence-electron chi connectivity index (χ2n) is 4.79. The number of ether oxygens (including phenoxy) is 1. The van der Waals surface area contributed by atoms with Gasteiger partial charge in [0.25, 0.3) is 0 Å². The number of carbonyl (C=O) groups excluding carboxylic acids is 1. The van der Waals surface area contributed by atoms with Gasteiger partial charge in [-0.1, -0.05) is 37.3 Å². The van der Waals surface area contributed by atoms with Crippen LogP contribution in [0.5, 0.6) is 0 Å². The summed E-state index contributed by atoms with van der Waals surface area (Å²) >= 11 is 0. The van der Waals surface area contributed by atoms with Crippen molar-refractivity contribution in [2.75, 3.05) is 26.2 Å². The Morgan fingerprint density at radius 1 is 1.39 bits per heavy atom.